The average Bonchev–Trinajstić information content (AvgIpc) is 3.04. The van der Waals surface area contributed by atoms with Gasteiger partial charge in [0.1, 0.15) is 5.75 Å². The van der Waals surface area contributed by atoms with Crippen LogP contribution < -0.4 is 15.8 Å². The fourth-order valence-corrected chi connectivity index (χ4v) is 1.77. The van der Waals surface area contributed by atoms with Crippen LogP contribution in [0.25, 0.3) is 0 Å². The lowest BCUT2D eigenvalue weighted by Gasteiger charge is -2.20. The number of nitrogens with one attached hydrogen (secondary N) is 1. The topological polar surface area (TPSA) is 67.5 Å². The Labute approximate surface area is 102 Å². The van der Waals surface area contributed by atoms with E-state index < -0.39 is 0 Å². The van der Waals surface area contributed by atoms with Crippen molar-refractivity contribution in [2.24, 2.45) is 0 Å². The highest BCUT2D eigenvalue weighted by Crippen LogP contribution is 2.41. The molecule has 0 saturated heterocycles. The van der Waals surface area contributed by atoms with Crippen molar-refractivity contribution >= 4 is 11.4 Å². The number of nitrogen functional groups attached to an aromatic ring is 1. The average molecular weight is 236 g/mol. The second-order valence-electron chi connectivity index (χ2n) is 4.95. The van der Waals surface area contributed by atoms with E-state index in [0.717, 1.165) is 18.5 Å². The van der Waals surface area contributed by atoms with Gasteiger partial charge in [0.15, 0.2) is 0 Å². The van der Waals surface area contributed by atoms with Gasteiger partial charge in [0.25, 0.3) is 0 Å². The SMILES string of the molecule is CC(C)Oc1cccc(NC2(CO)CC2)c1N. The van der Waals surface area contributed by atoms with Crippen molar-refractivity contribution in [2.75, 3.05) is 17.7 Å². The van der Waals surface area contributed by atoms with Gasteiger partial charge < -0.3 is 20.9 Å². The number of nitrogens with two attached hydrogens (primary N) is 1. The zero-order valence-electron chi connectivity index (χ0n) is 10.4. The van der Waals surface area contributed by atoms with E-state index in [1.54, 1.807) is 0 Å². The summed E-state index contributed by atoms with van der Waals surface area (Å²) in [6.45, 7) is 4.08. The summed E-state index contributed by atoms with van der Waals surface area (Å²) in [5, 5.41) is 12.6. The molecule has 0 aromatic heterocycles. The minimum atomic E-state index is -0.162. The lowest BCUT2D eigenvalue weighted by Crippen LogP contribution is -2.26. The predicted molar refractivity (Wildman–Crippen MR) is 69.3 cm³/mol. The van der Waals surface area contributed by atoms with Crippen molar-refractivity contribution in [3.05, 3.63) is 18.2 Å². The van der Waals surface area contributed by atoms with Gasteiger partial charge in [-0.15, -0.1) is 0 Å². The first-order chi connectivity index (χ1) is 8.06. The lowest BCUT2D eigenvalue weighted by atomic mass is 10.2. The Morgan fingerprint density at radius 3 is 2.71 bits per heavy atom. The quantitative estimate of drug-likeness (QED) is 0.684. The highest BCUT2D eigenvalue weighted by atomic mass is 16.5. The molecule has 1 aliphatic rings. The molecule has 0 spiro atoms. The van der Waals surface area contributed by atoms with Crippen molar-refractivity contribution in [3.63, 3.8) is 0 Å². The van der Waals surface area contributed by atoms with E-state index in [1.165, 1.54) is 0 Å². The molecule has 4 nitrogen and oxygen atoms in total. The van der Waals surface area contributed by atoms with Gasteiger partial charge in [-0.05, 0) is 38.8 Å². The first-order valence-corrected chi connectivity index (χ1v) is 6.00. The summed E-state index contributed by atoms with van der Waals surface area (Å²) in [7, 11) is 0. The number of aliphatic hydroxyl groups is 1. The molecular formula is C13H20N2O2. The Kier molecular flexibility index (Phi) is 3.15. The van der Waals surface area contributed by atoms with Crippen LogP contribution in [0.2, 0.25) is 0 Å². The van der Waals surface area contributed by atoms with Crippen LogP contribution in [0, 0.1) is 0 Å². The highest BCUT2D eigenvalue weighted by Gasteiger charge is 2.42. The van der Waals surface area contributed by atoms with Crippen LogP contribution in [-0.2, 0) is 0 Å². The number of ether oxygens (including phenoxy) is 1. The molecular weight excluding hydrogens is 216 g/mol. The number of rotatable bonds is 5. The van der Waals surface area contributed by atoms with Gasteiger partial charge in [-0.1, -0.05) is 6.07 Å². The zero-order valence-corrected chi connectivity index (χ0v) is 10.4. The maximum atomic E-state index is 9.29. The monoisotopic (exact) mass is 236 g/mol. The van der Waals surface area contributed by atoms with E-state index in [9.17, 15) is 5.11 Å². The molecule has 4 heteroatoms. The lowest BCUT2D eigenvalue weighted by molar-refractivity contribution is 0.244. The summed E-state index contributed by atoms with van der Waals surface area (Å²) in [6.07, 6.45) is 2.07. The van der Waals surface area contributed by atoms with Crippen LogP contribution in [-0.4, -0.2) is 23.4 Å². The minimum Gasteiger partial charge on any atom is -0.489 e. The third-order valence-electron chi connectivity index (χ3n) is 2.98. The Morgan fingerprint density at radius 1 is 1.47 bits per heavy atom. The normalized spacial score (nSPS) is 16.9. The van der Waals surface area contributed by atoms with Crippen LogP contribution in [0.3, 0.4) is 0 Å². The van der Waals surface area contributed by atoms with E-state index >= 15 is 0 Å². The standard InChI is InChI=1S/C13H20N2O2/c1-9(2)17-11-5-3-4-10(12(11)14)15-13(8-16)6-7-13/h3-5,9,15-16H,6-8,14H2,1-2H3. The Balaban J connectivity index is 2.17. The molecule has 1 aromatic carbocycles. The number of anilines is 2. The predicted octanol–water partition coefficient (Wildman–Crippen LogP) is 1.99. The molecule has 1 saturated carbocycles. The first-order valence-electron chi connectivity index (χ1n) is 6.00. The summed E-state index contributed by atoms with van der Waals surface area (Å²) in [5.41, 5.74) is 7.34. The minimum absolute atomic E-state index is 0.0975. The number of benzene rings is 1. The Bertz CT molecular complexity index is 400. The zero-order chi connectivity index (χ0) is 12.5. The molecule has 1 aromatic rings. The summed E-state index contributed by atoms with van der Waals surface area (Å²) >= 11 is 0. The van der Waals surface area contributed by atoms with Crippen molar-refractivity contribution in [3.8, 4) is 5.75 Å². The van der Waals surface area contributed by atoms with E-state index in [1.807, 2.05) is 32.0 Å². The van der Waals surface area contributed by atoms with Gasteiger partial charge in [-0.2, -0.15) is 0 Å². The second kappa shape index (κ2) is 4.45. The molecule has 17 heavy (non-hydrogen) atoms. The largest absolute Gasteiger partial charge is 0.489 e. The Morgan fingerprint density at radius 2 is 2.18 bits per heavy atom. The summed E-state index contributed by atoms with van der Waals surface area (Å²) in [4.78, 5) is 0. The van der Waals surface area contributed by atoms with Crippen molar-refractivity contribution in [1.29, 1.82) is 0 Å². The van der Waals surface area contributed by atoms with Crippen LogP contribution in [0.5, 0.6) is 5.75 Å². The molecule has 0 unspecified atom stereocenters. The van der Waals surface area contributed by atoms with Crippen molar-refractivity contribution in [2.45, 2.75) is 38.3 Å². The van der Waals surface area contributed by atoms with E-state index in [4.69, 9.17) is 10.5 Å². The molecule has 94 valence electrons. The van der Waals surface area contributed by atoms with Crippen molar-refractivity contribution in [1.82, 2.24) is 0 Å². The highest BCUT2D eigenvalue weighted by molar-refractivity contribution is 5.74. The second-order valence-corrected chi connectivity index (χ2v) is 4.95. The molecule has 0 radical (unpaired) electrons. The third kappa shape index (κ3) is 2.64. The number of aliphatic hydroxyl groups excluding tert-OH is 1. The summed E-state index contributed by atoms with van der Waals surface area (Å²) < 4.78 is 5.63. The smallest absolute Gasteiger partial charge is 0.144 e. The van der Waals surface area contributed by atoms with Gasteiger partial charge in [0, 0.05) is 0 Å². The van der Waals surface area contributed by atoms with Crippen LogP contribution in [0.15, 0.2) is 18.2 Å². The maximum Gasteiger partial charge on any atom is 0.144 e. The molecule has 2 rings (SSSR count). The molecule has 0 atom stereocenters. The van der Waals surface area contributed by atoms with Gasteiger partial charge in [0.05, 0.1) is 29.6 Å². The molecule has 0 heterocycles. The van der Waals surface area contributed by atoms with Gasteiger partial charge in [-0.25, -0.2) is 0 Å². The van der Waals surface area contributed by atoms with Gasteiger partial charge in [0.2, 0.25) is 0 Å². The number of hydrogen-bond acceptors (Lipinski definition) is 4. The maximum absolute atomic E-state index is 9.29. The van der Waals surface area contributed by atoms with E-state index in [-0.39, 0.29) is 18.2 Å². The van der Waals surface area contributed by atoms with Gasteiger partial charge >= 0.3 is 0 Å². The van der Waals surface area contributed by atoms with Crippen molar-refractivity contribution < 1.29 is 9.84 Å². The fraction of sp³-hybridized carbons (Fsp3) is 0.538. The summed E-state index contributed by atoms with van der Waals surface area (Å²) in [5.74, 6) is 0.693. The van der Waals surface area contributed by atoms with Crippen LogP contribution >= 0.6 is 0 Å². The Hall–Kier alpha value is -1.42. The molecule has 1 fully saturated rings. The molecule has 0 amide bonds. The van der Waals surface area contributed by atoms with Crippen LogP contribution in [0.1, 0.15) is 26.7 Å². The molecule has 0 aliphatic heterocycles. The number of hydrogen-bond donors (Lipinski definition) is 3. The fourth-order valence-electron chi connectivity index (χ4n) is 1.77. The third-order valence-corrected chi connectivity index (χ3v) is 2.98. The number of para-hydroxylation sites is 1. The van der Waals surface area contributed by atoms with Crippen LogP contribution in [0.4, 0.5) is 11.4 Å². The van der Waals surface area contributed by atoms with E-state index in [0.29, 0.717) is 11.4 Å². The first kappa shape index (κ1) is 12.0. The molecule has 4 N–H and O–H groups in total. The van der Waals surface area contributed by atoms with Gasteiger partial charge in [-0.3, -0.25) is 0 Å². The molecule has 0 bridgehead atoms. The summed E-state index contributed by atoms with van der Waals surface area (Å²) in [6, 6.07) is 5.68. The van der Waals surface area contributed by atoms with E-state index in [2.05, 4.69) is 5.32 Å². The molecule has 1 aliphatic carbocycles.